The first-order valence-electron chi connectivity index (χ1n) is 3.77. The maximum Gasteiger partial charge on any atom is 0.323 e. The fraction of sp³-hybridized carbons (Fsp3) is 0.571. The number of alkyl halides is 1. The summed E-state index contributed by atoms with van der Waals surface area (Å²) in [5, 5.41) is 6.95. The predicted octanol–water partition coefficient (Wildman–Crippen LogP) is 0.126. The Morgan fingerprint density at radius 2 is 2.21 bits per heavy atom. The molecule has 1 heterocycles. The van der Waals surface area contributed by atoms with E-state index in [-0.39, 0.29) is 5.12 Å². The lowest BCUT2D eigenvalue weighted by Gasteiger charge is -2.41. The summed E-state index contributed by atoms with van der Waals surface area (Å²) < 4.78 is 0. The minimum Gasteiger partial charge on any atom is -0.480 e. The van der Waals surface area contributed by atoms with Crippen molar-refractivity contribution in [2.24, 2.45) is 0 Å². The van der Waals surface area contributed by atoms with Crippen LogP contribution in [-0.4, -0.2) is 44.3 Å². The smallest absolute Gasteiger partial charge is 0.323 e. The molecular formula is C7H8ClNO4S. The van der Waals surface area contributed by atoms with Gasteiger partial charge < -0.3 is 10.0 Å². The van der Waals surface area contributed by atoms with Crippen LogP contribution in [-0.2, 0) is 14.4 Å². The summed E-state index contributed by atoms with van der Waals surface area (Å²) in [4.78, 5) is 33.3. The van der Waals surface area contributed by atoms with Gasteiger partial charge in [0, 0.05) is 6.92 Å². The van der Waals surface area contributed by atoms with E-state index in [2.05, 4.69) is 0 Å². The molecule has 0 bridgehead atoms. The van der Waals surface area contributed by atoms with Crippen molar-refractivity contribution in [2.75, 3.05) is 6.54 Å². The zero-order valence-corrected chi connectivity index (χ0v) is 8.84. The van der Waals surface area contributed by atoms with Crippen LogP contribution in [0.25, 0.3) is 0 Å². The molecular weight excluding hydrogens is 230 g/mol. The second kappa shape index (κ2) is 4.18. The number of carbonyl (C=O) groups is 3. The van der Waals surface area contributed by atoms with Crippen molar-refractivity contribution in [1.29, 1.82) is 0 Å². The first-order valence-corrected chi connectivity index (χ1v) is 5.08. The number of rotatable bonds is 3. The summed E-state index contributed by atoms with van der Waals surface area (Å²) in [7, 11) is 0. The number of halogens is 1. The summed E-state index contributed by atoms with van der Waals surface area (Å²) in [6.07, 6.45) is 0. The van der Waals surface area contributed by atoms with Crippen molar-refractivity contribution < 1.29 is 19.5 Å². The Morgan fingerprint density at radius 3 is 2.64 bits per heavy atom. The van der Waals surface area contributed by atoms with E-state index in [0.717, 1.165) is 16.7 Å². The highest BCUT2D eigenvalue weighted by Crippen LogP contribution is 2.33. The van der Waals surface area contributed by atoms with Gasteiger partial charge in [0.15, 0.2) is 5.12 Å². The fourth-order valence-corrected chi connectivity index (χ4v) is 2.39. The standard InChI is InChI=1S/C7H8ClNO4S/c1-3(10)14-7-5(8)6(13)9(7)2-4(11)12/h5,7H,2H2,1H3,(H,11,12)/t5-,7+/m0/s1. The van der Waals surface area contributed by atoms with E-state index >= 15 is 0 Å². The average Bonchev–Trinajstić information content (AvgIpc) is 2.09. The molecule has 1 fully saturated rings. The highest BCUT2D eigenvalue weighted by Gasteiger charge is 2.47. The molecule has 0 aromatic heterocycles. The molecule has 0 spiro atoms. The van der Waals surface area contributed by atoms with Crippen molar-refractivity contribution >= 4 is 40.4 Å². The molecule has 0 radical (unpaired) electrons. The van der Waals surface area contributed by atoms with E-state index in [1.165, 1.54) is 6.92 Å². The number of aliphatic carboxylic acids is 1. The van der Waals surface area contributed by atoms with Gasteiger partial charge in [-0.3, -0.25) is 14.4 Å². The second-order valence-electron chi connectivity index (χ2n) is 2.76. The van der Waals surface area contributed by atoms with E-state index in [4.69, 9.17) is 16.7 Å². The fourth-order valence-electron chi connectivity index (χ4n) is 1.09. The van der Waals surface area contributed by atoms with Crippen LogP contribution in [0.1, 0.15) is 6.92 Å². The molecule has 5 nitrogen and oxygen atoms in total. The molecule has 1 aliphatic rings. The normalized spacial score (nSPS) is 25.9. The molecule has 1 rings (SSSR count). The Kier molecular flexibility index (Phi) is 3.38. The monoisotopic (exact) mass is 237 g/mol. The van der Waals surface area contributed by atoms with Gasteiger partial charge in [-0.1, -0.05) is 11.8 Å². The number of carbonyl (C=O) groups excluding carboxylic acids is 2. The van der Waals surface area contributed by atoms with Crippen LogP contribution in [0.5, 0.6) is 0 Å². The maximum absolute atomic E-state index is 11.1. The Hall–Kier alpha value is -0.750. The molecule has 78 valence electrons. The lowest BCUT2D eigenvalue weighted by molar-refractivity contribution is -0.150. The molecule has 1 amide bonds. The summed E-state index contributed by atoms with van der Waals surface area (Å²) in [5.74, 6) is -1.55. The van der Waals surface area contributed by atoms with Gasteiger partial charge in [-0.05, 0) is 0 Å². The third kappa shape index (κ3) is 2.19. The van der Waals surface area contributed by atoms with Crippen LogP contribution in [0.15, 0.2) is 0 Å². The molecule has 1 aliphatic heterocycles. The van der Waals surface area contributed by atoms with Crippen molar-refractivity contribution in [2.45, 2.75) is 17.7 Å². The Balaban J connectivity index is 2.60. The number of hydrogen-bond acceptors (Lipinski definition) is 4. The number of β-lactam (4-membered cyclic amide) rings is 1. The number of hydrogen-bond donors (Lipinski definition) is 1. The highest BCUT2D eigenvalue weighted by molar-refractivity contribution is 8.14. The van der Waals surface area contributed by atoms with E-state index in [0.29, 0.717) is 0 Å². The van der Waals surface area contributed by atoms with Crippen LogP contribution in [0.2, 0.25) is 0 Å². The van der Waals surface area contributed by atoms with Crippen molar-refractivity contribution in [3.8, 4) is 0 Å². The molecule has 0 unspecified atom stereocenters. The summed E-state index contributed by atoms with van der Waals surface area (Å²) in [6.45, 7) is 0.934. The number of nitrogens with zero attached hydrogens (tertiary/aromatic N) is 1. The molecule has 0 aromatic carbocycles. The molecule has 0 saturated carbocycles. The Labute approximate surface area is 89.4 Å². The molecule has 0 aromatic rings. The number of thioether (sulfide) groups is 1. The average molecular weight is 238 g/mol. The predicted molar refractivity (Wildman–Crippen MR) is 51.0 cm³/mol. The van der Waals surface area contributed by atoms with Crippen LogP contribution in [0.4, 0.5) is 0 Å². The highest BCUT2D eigenvalue weighted by atomic mass is 35.5. The lowest BCUT2D eigenvalue weighted by atomic mass is 10.2. The third-order valence-corrected chi connectivity index (χ3v) is 3.34. The lowest BCUT2D eigenvalue weighted by Crippen LogP contribution is -2.62. The van der Waals surface area contributed by atoms with Crippen LogP contribution in [0, 0.1) is 0 Å². The quantitative estimate of drug-likeness (QED) is 0.558. The van der Waals surface area contributed by atoms with Gasteiger partial charge in [-0.2, -0.15) is 0 Å². The van der Waals surface area contributed by atoms with Crippen molar-refractivity contribution in [3.05, 3.63) is 0 Å². The number of carboxylic acids is 1. The molecule has 7 heteroatoms. The zero-order valence-electron chi connectivity index (χ0n) is 7.27. The Bertz CT molecular complexity index is 295. The number of likely N-dealkylation sites (tertiary alicyclic amines) is 1. The van der Waals surface area contributed by atoms with E-state index in [1.54, 1.807) is 0 Å². The van der Waals surface area contributed by atoms with E-state index in [1.807, 2.05) is 0 Å². The molecule has 1 N–H and O–H groups in total. The molecule has 14 heavy (non-hydrogen) atoms. The van der Waals surface area contributed by atoms with Crippen molar-refractivity contribution in [3.63, 3.8) is 0 Å². The summed E-state index contributed by atoms with van der Waals surface area (Å²) >= 11 is 6.50. The summed E-state index contributed by atoms with van der Waals surface area (Å²) in [6, 6.07) is 0. The van der Waals surface area contributed by atoms with Crippen LogP contribution >= 0.6 is 23.4 Å². The van der Waals surface area contributed by atoms with E-state index < -0.39 is 29.2 Å². The maximum atomic E-state index is 11.1. The van der Waals surface area contributed by atoms with E-state index in [9.17, 15) is 14.4 Å². The number of amides is 1. The SMILES string of the molecule is CC(=O)S[C@@H]1[C@@H](Cl)C(=O)N1CC(=O)O. The van der Waals surface area contributed by atoms with Gasteiger partial charge in [0.2, 0.25) is 5.91 Å². The molecule has 1 saturated heterocycles. The minimum absolute atomic E-state index is 0.191. The van der Waals surface area contributed by atoms with Crippen LogP contribution < -0.4 is 0 Å². The van der Waals surface area contributed by atoms with Gasteiger partial charge in [0.1, 0.15) is 17.3 Å². The summed E-state index contributed by atoms with van der Waals surface area (Å²) in [5.41, 5.74) is 0. The molecule has 2 atom stereocenters. The molecule has 0 aliphatic carbocycles. The minimum atomic E-state index is -1.11. The number of carboxylic acid groups (broad SMARTS) is 1. The Morgan fingerprint density at radius 1 is 1.64 bits per heavy atom. The van der Waals surface area contributed by atoms with Crippen molar-refractivity contribution in [1.82, 2.24) is 4.90 Å². The first kappa shape index (κ1) is 11.3. The largest absolute Gasteiger partial charge is 0.480 e. The van der Waals surface area contributed by atoms with Gasteiger partial charge in [0.05, 0.1) is 0 Å². The first-order chi connectivity index (χ1) is 6.43. The van der Waals surface area contributed by atoms with Crippen LogP contribution in [0.3, 0.4) is 0 Å². The second-order valence-corrected chi connectivity index (χ2v) is 4.53. The topological polar surface area (TPSA) is 74.7 Å². The van der Waals surface area contributed by atoms with Gasteiger partial charge in [-0.25, -0.2) is 0 Å². The zero-order chi connectivity index (χ0) is 10.9. The van der Waals surface area contributed by atoms with Gasteiger partial charge >= 0.3 is 5.97 Å². The third-order valence-electron chi connectivity index (χ3n) is 1.67. The van der Waals surface area contributed by atoms with Gasteiger partial charge in [0.25, 0.3) is 0 Å². The van der Waals surface area contributed by atoms with Gasteiger partial charge in [-0.15, -0.1) is 11.6 Å².